The number of carbonyl (C=O) groups is 2. The van der Waals surface area contributed by atoms with E-state index in [1.165, 1.54) is 44.2 Å². The van der Waals surface area contributed by atoms with Crippen molar-refractivity contribution < 1.29 is 23.5 Å². The van der Waals surface area contributed by atoms with Crippen LogP contribution < -0.4 is 0 Å². The fourth-order valence-electron chi connectivity index (χ4n) is 2.75. The van der Waals surface area contributed by atoms with Gasteiger partial charge in [-0.3, -0.25) is 9.59 Å². The number of hydrogen-bond acceptors (Lipinski definition) is 4. The molecule has 1 atom stereocenters. The van der Waals surface area contributed by atoms with Crippen molar-refractivity contribution in [3.8, 4) is 0 Å². The summed E-state index contributed by atoms with van der Waals surface area (Å²) in [7, 11) is 0. The summed E-state index contributed by atoms with van der Waals surface area (Å²) in [6.07, 6.45) is 8.60. The van der Waals surface area contributed by atoms with E-state index in [2.05, 4.69) is 6.92 Å². The molecule has 0 spiro atoms. The highest BCUT2D eigenvalue weighted by atomic mass is 19.1. The molecule has 1 unspecified atom stereocenters. The molecule has 0 aromatic heterocycles. The molecule has 0 fully saturated rings. The smallest absolute Gasteiger partial charge is 0.306 e. The van der Waals surface area contributed by atoms with Crippen LogP contribution in [-0.2, 0) is 19.1 Å². The van der Waals surface area contributed by atoms with Gasteiger partial charge < -0.3 is 9.47 Å². The molecule has 1 aromatic carbocycles. The van der Waals surface area contributed by atoms with Crippen LogP contribution in [0.25, 0.3) is 0 Å². The van der Waals surface area contributed by atoms with E-state index < -0.39 is 6.10 Å². The van der Waals surface area contributed by atoms with Crippen LogP contribution in [0.15, 0.2) is 24.3 Å². The summed E-state index contributed by atoms with van der Waals surface area (Å²) in [6, 6.07) is 5.85. The van der Waals surface area contributed by atoms with Crippen LogP contribution in [0, 0.1) is 5.82 Å². The number of halogens is 1. The molecular weight excluding hydrogens is 347 g/mol. The average molecular weight is 381 g/mol. The first kappa shape index (κ1) is 23.1. The minimum atomic E-state index is -0.442. The molecule has 4 nitrogen and oxygen atoms in total. The first-order chi connectivity index (χ1) is 13.0. The summed E-state index contributed by atoms with van der Waals surface area (Å²) in [5, 5.41) is 0. The lowest BCUT2D eigenvalue weighted by molar-refractivity contribution is -0.149. The third-order valence-corrected chi connectivity index (χ3v) is 4.42. The Kier molecular flexibility index (Phi) is 12.2. The Morgan fingerprint density at radius 3 is 2.15 bits per heavy atom. The molecule has 0 bridgehead atoms. The fraction of sp³-hybridized carbons (Fsp3) is 0.636. The van der Waals surface area contributed by atoms with E-state index in [1.54, 1.807) is 19.1 Å². The molecule has 0 N–H and O–H groups in total. The van der Waals surface area contributed by atoms with Gasteiger partial charge in [-0.15, -0.1) is 0 Å². The summed E-state index contributed by atoms with van der Waals surface area (Å²) < 4.78 is 23.4. The Labute approximate surface area is 162 Å². The van der Waals surface area contributed by atoms with Crippen molar-refractivity contribution in [1.82, 2.24) is 0 Å². The summed E-state index contributed by atoms with van der Waals surface area (Å²) >= 11 is 0. The molecular formula is C22H33FO4. The van der Waals surface area contributed by atoms with Crippen LogP contribution in [0.4, 0.5) is 4.39 Å². The lowest BCUT2D eigenvalue weighted by atomic mass is 10.1. The zero-order valence-electron chi connectivity index (χ0n) is 16.7. The largest absolute Gasteiger partial charge is 0.466 e. The zero-order valence-corrected chi connectivity index (χ0v) is 16.7. The molecule has 0 radical (unpaired) electrons. The normalized spacial score (nSPS) is 11.8. The zero-order chi connectivity index (χ0) is 19.9. The van der Waals surface area contributed by atoms with Crippen molar-refractivity contribution in [3.63, 3.8) is 0 Å². The quantitative estimate of drug-likeness (QED) is 0.298. The molecule has 0 heterocycles. The van der Waals surface area contributed by atoms with E-state index in [0.717, 1.165) is 18.4 Å². The second-order valence-corrected chi connectivity index (χ2v) is 6.88. The third kappa shape index (κ3) is 11.4. The van der Waals surface area contributed by atoms with Crippen molar-refractivity contribution in [2.24, 2.45) is 0 Å². The molecule has 0 saturated heterocycles. The fourth-order valence-corrected chi connectivity index (χ4v) is 2.75. The number of esters is 2. The predicted octanol–water partition coefficient (Wildman–Crippen LogP) is 5.89. The van der Waals surface area contributed by atoms with Crippen molar-refractivity contribution in [2.45, 2.75) is 84.2 Å². The number of ether oxygens (including phenoxy) is 2. The van der Waals surface area contributed by atoms with Crippen LogP contribution in [-0.4, -0.2) is 18.5 Å². The highest BCUT2D eigenvalue weighted by Gasteiger charge is 2.13. The monoisotopic (exact) mass is 380 g/mol. The van der Waals surface area contributed by atoms with Gasteiger partial charge in [0.05, 0.1) is 6.61 Å². The minimum absolute atomic E-state index is 0.165. The van der Waals surface area contributed by atoms with Gasteiger partial charge in [-0.05, 0) is 37.5 Å². The van der Waals surface area contributed by atoms with Crippen molar-refractivity contribution in [1.29, 1.82) is 0 Å². The molecule has 5 heteroatoms. The van der Waals surface area contributed by atoms with Crippen LogP contribution >= 0.6 is 0 Å². The standard InChI is InChI=1S/C22H33FO4/c1-3-4-5-6-7-8-9-17-26-21(24)11-10-12-22(25)27-18(2)19-13-15-20(23)16-14-19/h13-16,18H,3-12,17H2,1-2H3. The van der Waals surface area contributed by atoms with Gasteiger partial charge >= 0.3 is 11.9 Å². The van der Waals surface area contributed by atoms with Crippen LogP contribution in [0.3, 0.4) is 0 Å². The van der Waals surface area contributed by atoms with Gasteiger partial charge in [0.15, 0.2) is 0 Å². The first-order valence-electron chi connectivity index (χ1n) is 10.1. The van der Waals surface area contributed by atoms with E-state index >= 15 is 0 Å². The van der Waals surface area contributed by atoms with Gasteiger partial charge in [-0.25, -0.2) is 4.39 Å². The maximum absolute atomic E-state index is 12.9. The molecule has 152 valence electrons. The average Bonchev–Trinajstić information content (AvgIpc) is 2.64. The third-order valence-electron chi connectivity index (χ3n) is 4.42. The van der Waals surface area contributed by atoms with E-state index in [1.807, 2.05) is 0 Å². The van der Waals surface area contributed by atoms with Crippen molar-refractivity contribution in [3.05, 3.63) is 35.6 Å². The van der Waals surface area contributed by atoms with E-state index in [9.17, 15) is 14.0 Å². The van der Waals surface area contributed by atoms with Gasteiger partial charge in [0, 0.05) is 12.8 Å². The maximum atomic E-state index is 12.9. The molecule has 0 saturated carbocycles. The molecule has 1 aromatic rings. The van der Waals surface area contributed by atoms with Crippen LogP contribution in [0.5, 0.6) is 0 Å². The topological polar surface area (TPSA) is 52.6 Å². The summed E-state index contributed by atoms with van der Waals surface area (Å²) in [5.74, 6) is -0.959. The van der Waals surface area contributed by atoms with E-state index in [-0.39, 0.29) is 30.6 Å². The van der Waals surface area contributed by atoms with Crippen LogP contribution in [0.1, 0.15) is 89.7 Å². The second kappa shape index (κ2) is 14.2. The van der Waals surface area contributed by atoms with Gasteiger partial charge in [0.2, 0.25) is 0 Å². The Hall–Kier alpha value is -1.91. The minimum Gasteiger partial charge on any atom is -0.466 e. The number of carbonyl (C=O) groups excluding carboxylic acids is 2. The Bertz CT molecular complexity index is 542. The van der Waals surface area contributed by atoms with Crippen LogP contribution in [0.2, 0.25) is 0 Å². The number of rotatable bonds is 14. The van der Waals surface area contributed by atoms with Gasteiger partial charge in [0.1, 0.15) is 11.9 Å². The molecule has 1 rings (SSSR count). The SMILES string of the molecule is CCCCCCCCCOC(=O)CCCC(=O)OC(C)c1ccc(F)cc1. The molecule has 0 aliphatic carbocycles. The summed E-state index contributed by atoms with van der Waals surface area (Å²) in [6.45, 7) is 4.39. The maximum Gasteiger partial charge on any atom is 0.306 e. The molecule has 27 heavy (non-hydrogen) atoms. The Morgan fingerprint density at radius 1 is 0.889 bits per heavy atom. The molecule has 0 aliphatic heterocycles. The molecule has 0 amide bonds. The Morgan fingerprint density at radius 2 is 1.48 bits per heavy atom. The van der Waals surface area contributed by atoms with Gasteiger partial charge in [0.25, 0.3) is 0 Å². The summed E-state index contributed by atoms with van der Waals surface area (Å²) in [5.41, 5.74) is 0.735. The van der Waals surface area contributed by atoms with Gasteiger partial charge in [-0.1, -0.05) is 57.6 Å². The number of unbranched alkanes of at least 4 members (excludes halogenated alkanes) is 6. The summed E-state index contributed by atoms with van der Waals surface area (Å²) in [4.78, 5) is 23.5. The second-order valence-electron chi connectivity index (χ2n) is 6.88. The highest BCUT2D eigenvalue weighted by Crippen LogP contribution is 2.18. The number of benzene rings is 1. The molecule has 0 aliphatic rings. The van der Waals surface area contributed by atoms with E-state index in [4.69, 9.17) is 9.47 Å². The lowest BCUT2D eigenvalue weighted by Crippen LogP contribution is -2.11. The predicted molar refractivity (Wildman–Crippen MR) is 104 cm³/mol. The number of hydrogen-bond donors (Lipinski definition) is 0. The van der Waals surface area contributed by atoms with Crippen molar-refractivity contribution >= 4 is 11.9 Å². The van der Waals surface area contributed by atoms with E-state index in [0.29, 0.717) is 13.0 Å². The highest BCUT2D eigenvalue weighted by molar-refractivity contribution is 5.72. The van der Waals surface area contributed by atoms with Gasteiger partial charge in [-0.2, -0.15) is 0 Å². The first-order valence-corrected chi connectivity index (χ1v) is 10.1. The van der Waals surface area contributed by atoms with Crippen molar-refractivity contribution in [2.75, 3.05) is 6.61 Å². The Balaban J connectivity index is 2.04. The lowest BCUT2D eigenvalue weighted by Gasteiger charge is -2.13.